The van der Waals surface area contributed by atoms with Crippen LogP contribution in [-0.4, -0.2) is 29.2 Å². The summed E-state index contributed by atoms with van der Waals surface area (Å²) in [5.41, 5.74) is 0. The topological polar surface area (TPSA) is 94.8 Å². The van der Waals surface area contributed by atoms with Crippen LogP contribution < -0.4 is 0 Å². The molecule has 0 heterocycles. The summed E-state index contributed by atoms with van der Waals surface area (Å²) in [7, 11) is -4.67. The standard InChI is InChI=1S/C17H36O.H2O4S/c1-4-12-16(2)13-10-8-6-5-7-9-11-14-17(3)15-18;1-5(2,3)4/h16-18H,4-15H2,1-3H3;(H2,1,2,3,4). The molecule has 0 bridgehead atoms. The van der Waals surface area contributed by atoms with E-state index in [2.05, 4.69) is 20.8 Å². The highest BCUT2D eigenvalue weighted by Gasteiger charge is 2.01. The molecule has 0 aliphatic rings. The van der Waals surface area contributed by atoms with Crippen molar-refractivity contribution in [2.45, 2.75) is 91.4 Å². The first-order chi connectivity index (χ1) is 10.7. The molecule has 0 aromatic heterocycles. The van der Waals surface area contributed by atoms with Crippen molar-refractivity contribution < 1.29 is 22.6 Å². The Balaban J connectivity index is 0. The molecule has 0 aromatic rings. The lowest BCUT2D eigenvalue weighted by Gasteiger charge is -2.09. The Morgan fingerprint density at radius 3 is 1.43 bits per heavy atom. The summed E-state index contributed by atoms with van der Waals surface area (Å²) >= 11 is 0. The molecule has 0 spiro atoms. The molecule has 0 aromatic carbocycles. The fourth-order valence-electron chi connectivity index (χ4n) is 2.60. The molecule has 0 radical (unpaired) electrons. The number of aliphatic hydroxyl groups is 1. The van der Waals surface area contributed by atoms with Gasteiger partial charge in [-0.05, 0) is 18.3 Å². The molecule has 0 fully saturated rings. The lowest BCUT2D eigenvalue weighted by molar-refractivity contribution is 0.227. The summed E-state index contributed by atoms with van der Waals surface area (Å²) in [6, 6.07) is 0. The van der Waals surface area contributed by atoms with Gasteiger partial charge >= 0.3 is 10.4 Å². The van der Waals surface area contributed by atoms with Gasteiger partial charge in [-0.2, -0.15) is 8.42 Å². The van der Waals surface area contributed by atoms with Crippen LogP contribution in [0.3, 0.4) is 0 Å². The van der Waals surface area contributed by atoms with E-state index in [1.807, 2.05) is 0 Å². The van der Waals surface area contributed by atoms with Gasteiger partial charge in [0.1, 0.15) is 0 Å². The minimum Gasteiger partial charge on any atom is -0.396 e. The molecule has 2 atom stereocenters. The monoisotopic (exact) mass is 354 g/mol. The van der Waals surface area contributed by atoms with Crippen molar-refractivity contribution in [3.05, 3.63) is 0 Å². The molecule has 0 saturated carbocycles. The van der Waals surface area contributed by atoms with Gasteiger partial charge in [-0.3, -0.25) is 9.11 Å². The van der Waals surface area contributed by atoms with E-state index in [0.29, 0.717) is 12.5 Å². The van der Waals surface area contributed by atoms with Crippen molar-refractivity contribution in [3.8, 4) is 0 Å². The Morgan fingerprint density at radius 2 is 1.09 bits per heavy atom. The molecule has 142 valence electrons. The van der Waals surface area contributed by atoms with Gasteiger partial charge in [0.05, 0.1) is 0 Å². The van der Waals surface area contributed by atoms with E-state index in [0.717, 1.165) is 5.92 Å². The smallest absolute Gasteiger partial charge is 0.394 e. The first kappa shape index (κ1) is 25.1. The minimum atomic E-state index is -4.67. The number of hydrogen-bond acceptors (Lipinski definition) is 3. The van der Waals surface area contributed by atoms with E-state index >= 15 is 0 Å². The van der Waals surface area contributed by atoms with E-state index in [1.165, 1.54) is 70.6 Å². The molecule has 3 N–H and O–H groups in total. The largest absolute Gasteiger partial charge is 0.396 e. The van der Waals surface area contributed by atoms with Crippen LogP contribution in [0.15, 0.2) is 0 Å². The summed E-state index contributed by atoms with van der Waals surface area (Å²) in [4.78, 5) is 0. The summed E-state index contributed by atoms with van der Waals surface area (Å²) in [6.07, 6.45) is 15.1. The van der Waals surface area contributed by atoms with Crippen LogP contribution in [-0.2, 0) is 10.4 Å². The lowest BCUT2D eigenvalue weighted by Crippen LogP contribution is -1.99. The van der Waals surface area contributed by atoms with E-state index in [1.54, 1.807) is 0 Å². The average molecular weight is 355 g/mol. The van der Waals surface area contributed by atoms with E-state index in [9.17, 15) is 0 Å². The van der Waals surface area contributed by atoms with Crippen molar-refractivity contribution in [1.29, 1.82) is 0 Å². The van der Waals surface area contributed by atoms with E-state index in [4.69, 9.17) is 22.6 Å². The van der Waals surface area contributed by atoms with Crippen LogP contribution in [0, 0.1) is 11.8 Å². The van der Waals surface area contributed by atoms with Gasteiger partial charge in [0.15, 0.2) is 0 Å². The number of hydrogen-bond donors (Lipinski definition) is 3. The Hall–Kier alpha value is -0.170. The van der Waals surface area contributed by atoms with Crippen LogP contribution in [0.4, 0.5) is 0 Å². The maximum absolute atomic E-state index is 8.92. The molecule has 0 aliphatic heterocycles. The molecular weight excluding hydrogens is 316 g/mol. The third kappa shape index (κ3) is 30.3. The highest BCUT2D eigenvalue weighted by Crippen LogP contribution is 2.16. The maximum Gasteiger partial charge on any atom is 0.394 e. The Morgan fingerprint density at radius 1 is 0.739 bits per heavy atom. The summed E-state index contributed by atoms with van der Waals surface area (Å²) in [5, 5.41) is 8.92. The first-order valence-electron chi connectivity index (χ1n) is 9.01. The predicted octanol–water partition coefficient (Wildman–Crippen LogP) is 4.91. The van der Waals surface area contributed by atoms with E-state index in [-0.39, 0.29) is 0 Å². The molecule has 5 nitrogen and oxygen atoms in total. The molecule has 2 unspecified atom stereocenters. The van der Waals surface area contributed by atoms with Gasteiger partial charge < -0.3 is 5.11 Å². The van der Waals surface area contributed by atoms with Crippen LogP contribution in [0.25, 0.3) is 0 Å². The fraction of sp³-hybridized carbons (Fsp3) is 1.00. The number of aliphatic hydroxyl groups excluding tert-OH is 1. The second kappa shape index (κ2) is 16.7. The first-order valence-corrected chi connectivity index (χ1v) is 10.4. The summed E-state index contributed by atoms with van der Waals surface area (Å²) in [5.74, 6) is 1.44. The normalized spacial score (nSPS) is 14.0. The molecule has 0 amide bonds. The van der Waals surface area contributed by atoms with Gasteiger partial charge in [-0.15, -0.1) is 0 Å². The van der Waals surface area contributed by atoms with Crippen molar-refractivity contribution >= 4 is 10.4 Å². The summed E-state index contributed by atoms with van der Waals surface area (Å²) < 4.78 is 31.6. The van der Waals surface area contributed by atoms with Gasteiger partial charge in [-0.1, -0.05) is 85.0 Å². The van der Waals surface area contributed by atoms with Crippen molar-refractivity contribution in [2.75, 3.05) is 6.61 Å². The Kier molecular flexibility index (Phi) is 18.2. The maximum atomic E-state index is 8.92. The highest BCUT2D eigenvalue weighted by molar-refractivity contribution is 7.79. The molecule has 0 aliphatic carbocycles. The van der Waals surface area contributed by atoms with E-state index < -0.39 is 10.4 Å². The molecular formula is C17H38O5S. The Bertz CT molecular complexity index is 322. The van der Waals surface area contributed by atoms with Crippen molar-refractivity contribution in [3.63, 3.8) is 0 Å². The lowest BCUT2D eigenvalue weighted by atomic mass is 9.97. The van der Waals surface area contributed by atoms with Crippen LogP contribution in [0.2, 0.25) is 0 Å². The third-order valence-corrected chi connectivity index (χ3v) is 3.99. The van der Waals surface area contributed by atoms with Gasteiger partial charge in [0, 0.05) is 6.61 Å². The van der Waals surface area contributed by atoms with Gasteiger partial charge in [0.25, 0.3) is 0 Å². The zero-order valence-electron chi connectivity index (χ0n) is 15.2. The SMILES string of the molecule is CCCC(C)CCCCCCCCCC(C)CO.O=S(=O)(O)O. The molecule has 23 heavy (non-hydrogen) atoms. The van der Waals surface area contributed by atoms with Crippen molar-refractivity contribution in [2.24, 2.45) is 11.8 Å². The Labute approximate surface area is 143 Å². The highest BCUT2D eigenvalue weighted by atomic mass is 32.3. The van der Waals surface area contributed by atoms with Gasteiger partial charge in [-0.25, -0.2) is 0 Å². The van der Waals surface area contributed by atoms with Crippen LogP contribution in [0.5, 0.6) is 0 Å². The van der Waals surface area contributed by atoms with Crippen LogP contribution >= 0.6 is 0 Å². The van der Waals surface area contributed by atoms with Crippen molar-refractivity contribution in [1.82, 2.24) is 0 Å². The molecule has 6 heteroatoms. The van der Waals surface area contributed by atoms with Crippen LogP contribution in [0.1, 0.15) is 91.4 Å². The predicted molar refractivity (Wildman–Crippen MR) is 96.1 cm³/mol. The molecule has 0 rings (SSSR count). The fourth-order valence-corrected chi connectivity index (χ4v) is 2.60. The number of unbranched alkanes of at least 4 members (excludes halogenated alkanes) is 6. The molecule has 0 saturated heterocycles. The second-order valence-electron chi connectivity index (χ2n) is 6.68. The average Bonchev–Trinajstić information content (AvgIpc) is 2.43. The quantitative estimate of drug-likeness (QED) is 0.323. The second-order valence-corrected chi connectivity index (χ2v) is 7.58. The van der Waals surface area contributed by atoms with Gasteiger partial charge in [0.2, 0.25) is 0 Å². The zero-order valence-corrected chi connectivity index (χ0v) is 16.0. The third-order valence-electron chi connectivity index (χ3n) is 3.99. The summed E-state index contributed by atoms with van der Waals surface area (Å²) in [6.45, 7) is 7.17. The number of rotatable bonds is 13. The zero-order chi connectivity index (χ0) is 18.1. The minimum absolute atomic E-state index is 0.357.